The maximum atomic E-state index is 12.7. The van der Waals surface area contributed by atoms with Crippen LogP contribution in [0.3, 0.4) is 0 Å². The fraction of sp³-hybridized carbons (Fsp3) is 0.238. The first-order chi connectivity index (χ1) is 13.0. The molecule has 0 bridgehead atoms. The topological polar surface area (TPSA) is 76.1 Å². The van der Waals surface area contributed by atoms with Crippen molar-refractivity contribution in [3.8, 4) is 11.5 Å². The van der Waals surface area contributed by atoms with E-state index in [1.807, 2.05) is 24.3 Å². The van der Waals surface area contributed by atoms with Crippen LogP contribution in [0, 0.1) is 5.92 Å². The molecule has 1 aliphatic heterocycles. The van der Waals surface area contributed by atoms with Gasteiger partial charge in [-0.2, -0.15) is 0 Å². The summed E-state index contributed by atoms with van der Waals surface area (Å²) in [5, 5.41) is 9.65. The van der Waals surface area contributed by atoms with Gasteiger partial charge in [-0.1, -0.05) is 30.3 Å². The monoisotopic (exact) mass is 367 g/mol. The lowest BCUT2D eigenvalue weighted by Gasteiger charge is -2.48. The van der Waals surface area contributed by atoms with Crippen molar-refractivity contribution in [3.05, 3.63) is 72.3 Å². The van der Waals surface area contributed by atoms with Crippen molar-refractivity contribution < 1.29 is 24.2 Å². The van der Waals surface area contributed by atoms with Gasteiger partial charge in [0.1, 0.15) is 17.5 Å². The normalized spacial score (nSPS) is 18.8. The Kier molecular flexibility index (Phi) is 5.16. The van der Waals surface area contributed by atoms with Crippen molar-refractivity contribution in [3.63, 3.8) is 0 Å². The zero-order chi connectivity index (χ0) is 19.6. The molecular formula is C21H21NO5. The first-order valence-corrected chi connectivity index (χ1v) is 8.47. The molecule has 1 amide bonds. The maximum absolute atomic E-state index is 12.7. The summed E-state index contributed by atoms with van der Waals surface area (Å²) in [7, 11) is 3.15. The average Bonchev–Trinajstić information content (AvgIpc) is 2.70. The van der Waals surface area contributed by atoms with E-state index in [9.17, 15) is 14.7 Å². The van der Waals surface area contributed by atoms with Crippen molar-refractivity contribution in [2.45, 2.75) is 12.1 Å². The van der Waals surface area contributed by atoms with Crippen LogP contribution in [0.4, 0.5) is 0 Å². The zero-order valence-electron chi connectivity index (χ0n) is 15.2. The van der Waals surface area contributed by atoms with Crippen molar-refractivity contribution in [2.75, 3.05) is 14.2 Å². The molecule has 6 heteroatoms. The number of ether oxygens (including phenoxy) is 2. The van der Waals surface area contributed by atoms with Crippen LogP contribution < -0.4 is 9.47 Å². The van der Waals surface area contributed by atoms with Crippen LogP contribution in [0.15, 0.2) is 61.2 Å². The summed E-state index contributed by atoms with van der Waals surface area (Å²) in [6.07, 6.45) is 1.40. The number of benzene rings is 2. The predicted molar refractivity (Wildman–Crippen MR) is 99.8 cm³/mol. The molecule has 2 aromatic rings. The van der Waals surface area contributed by atoms with Gasteiger partial charge in [-0.25, -0.2) is 4.79 Å². The Hall–Kier alpha value is -3.28. The van der Waals surface area contributed by atoms with Crippen LogP contribution in [-0.4, -0.2) is 42.1 Å². The van der Waals surface area contributed by atoms with Gasteiger partial charge in [0.15, 0.2) is 0 Å². The van der Waals surface area contributed by atoms with Gasteiger partial charge < -0.3 is 19.5 Å². The van der Waals surface area contributed by atoms with E-state index in [1.165, 1.54) is 11.0 Å². The van der Waals surface area contributed by atoms with Gasteiger partial charge in [-0.05, 0) is 35.4 Å². The molecule has 2 aromatic carbocycles. The quantitative estimate of drug-likeness (QED) is 0.602. The second-order valence-corrected chi connectivity index (χ2v) is 6.24. The van der Waals surface area contributed by atoms with Gasteiger partial charge in [0, 0.05) is 0 Å². The summed E-state index contributed by atoms with van der Waals surface area (Å²) in [6.45, 7) is 3.61. The zero-order valence-corrected chi connectivity index (χ0v) is 15.2. The molecule has 0 saturated carbocycles. The molecule has 27 heavy (non-hydrogen) atoms. The molecule has 0 spiro atoms. The summed E-state index contributed by atoms with van der Waals surface area (Å²) >= 11 is 0. The van der Waals surface area contributed by atoms with Gasteiger partial charge in [0.2, 0.25) is 5.91 Å². The molecule has 1 heterocycles. The molecule has 1 saturated heterocycles. The molecule has 1 fully saturated rings. The molecule has 0 unspecified atom stereocenters. The number of β-lactam (4-membered cyclic amide) rings is 1. The minimum atomic E-state index is -1.05. The number of carboxylic acid groups (broad SMARTS) is 1. The summed E-state index contributed by atoms with van der Waals surface area (Å²) < 4.78 is 10.4. The number of hydrogen-bond acceptors (Lipinski definition) is 4. The third-order valence-corrected chi connectivity index (χ3v) is 4.83. The summed E-state index contributed by atoms with van der Waals surface area (Å²) in [6, 6.07) is 13.0. The van der Waals surface area contributed by atoms with Crippen LogP contribution in [0.2, 0.25) is 0 Å². The minimum absolute atomic E-state index is 0.256. The van der Waals surface area contributed by atoms with E-state index >= 15 is 0 Å². The molecule has 0 radical (unpaired) electrons. The minimum Gasteiger partial charge on any atom is -0.497 e. The highest BCUT2D eigenvalue weighted by Crippen LogP contribution is 2.41. The van der Waals surface area contributed by atoms with Crippen molar-refractivity contribution in [2.24, 2.45) is 5.92 Å². The fourth-order valence-corrected chi connectivity index (χ4v) is 3.41. The fourth-order valence-electron chi connectivity index (χ4n) is 3.41. The second kappa shape index (κ2) is 7.53. The van der Waals surface area contributed by atoms with Crippen LogP contribution in [0.5, 0.6) is 11.5 Å². The van der Waals surface area contributed by atoms with Crippen LogP contribution in [0.25, 0.3) is 0 Å². The lowest BCUT2D eigenvalue weighted by atomic mass is 9.82. The van der Waals surface area contributed by atoms with Crippen LogP contribution >= 0.6 is 0 Å². The van der Waals surface area contributed by atoms with Crippen molar-refractivity contribution in [1.29, 1.82) is 0 Å². The lowest BCUT2D eigenvalue weighted by Crippen LogP contribution is -2.64. The van der Waals surface area contributed by atoms with Crippen LogP contribution in [0.1, 0.15) is 17.2 Å². The smallest absolute Gasteiger partial charge is 0.327 e. The molecule has 2 atom stereocenters. The highest BCUT2D eigenvalue weighted by molar-refractivity contribution is 5.98. The first kappa shape index (κ1) is 18.5. The number of carboxylic acids is 1. The Labute approximate surface area is 157 Å². The lowest BCUT2D eigenvalue weighted by molar-refractivity contribution is -0.170. The number of likely N-dealkylation sites (tertiary alicyclic amines) is 1. The third kappa shape index (κ3) is 3.26. The van der Waals surface area contributed by atoms with Gasteiger partial charge in [-0.3, -0.25) is 4.79 Å². The van der Waals surface area contributed by atoms with Crippen molar-refractivity contribution >= 4 is 11.9 Å². The number of aliphatic carboxylic acids is 1. The SMILES string of the molecule is C=C[C@H]1C(=O)N(C(c2ccc(OC)cc2)c2ccc(OC)cc2)[C@@H]1C(=O)O. The molecule has 3 rings (SSSR count). The molecule has 140 valence electrons. The van der Waals surface area contributed by atoms with Crippen molar-refractivity contribution in [1.82, 2.24) is 4.90 Å². The molecule has 1 aliphatic rings. The van der Waals surface area contributed by atoms with E-state index in [1.54, 1.807) is 38.5 Å². The number of carbonyl (C=O) groups is 2. The Morgan fingerprint density at radius 1 is 1.04 bits per heavy atom. The number of carbonyl (C=O) groups excluding carboxylic acids is 1. The number of nitrogens with zero attached hydrogens (tertiary/aromatic N) is 1. The Morgan fingerprint density at radius 2 is 1.48 bits per heavy atom. The second-order valence-electron chi connectivity index (χ2n) is 6.24. The van der Waals surface area contributed by atoms with E-state index in [-0.39, 0.29) is 5.91 Å². The number of amides is 1. The summed E-state index contributed by atoms with van der Waals surface area (Å²) in [5.74, 6) is -0.663. The van der Waals surface area contributed by atoms with Gasteiger partial charge >= 0.3 is 5.97 Å². The number of rotatable bonds is 7. The van der Waals surface area contributed by atoms with E-state index in [4.69, 9.17) is 9.47 Å². The van der Waals surface area contributed by atoms with E-state index in [0.717, 1.165) is 11.1 Å². The largest absolute Gasteiger partial charge is 0.497 e. The standard InChI is InChI=1S/C21H21NO5/c1-4-17-19(21(24)25)22(20(17)23)18(13-5-9-15(26-2)10-6-13)14-7-11-16(27-3)12-8-14/h4-12,17-19H,1H2,2-3H3,(H,24,25)/t17-,19+/m1/s1. The summed E-state index contributed by atoms with van der Waals surface area (Å²) in [5.41, 5.74) is 1.59. The van der Waals surface area contributed by atoms with E-state index in [0.29, 0.717) is 11.5 Å². The Morgan fingerprint density at radius 3 is 1.81 bits per heavy atom. The van der Waals surface area contributed by atoms with Gasteiger partial charge in [0.25, 0.3) is 0 Å². The molecular weight excluding hydrogens is 346 g/mol. The molecule has 6 nitrogen and oxygen atoms in total. The average molecular weight is 367 g/mol. The van der Waals surface area contributed by atoms with Gasteiger partial charge in [-0.15, -0.1) is 6.58 Å². The third-order valence-electron chi connectivity index (χ3n) is 4.83. The molecule has 0 aromatic heterocycles. The number of hydrogen-bond donors (Lipinski definition) is 1. The molecule has 1 N–H and O–H groups in total. The predicted octanol–water partition coefficient (Wildman–Crippen LogP) is 2.89. The van der Waals surface area contributed by atoms with E-state index < -0.39 is 24.0 Å². The Balaban J connectivity index is 2.07. The highest BCUT2D eigenvalue weighted by Gasteiger charge is 2.53. The molecule has 0 aliphatic carbocycles. The van der Waals surface area contributed by atoms with Gasteiger partial charge in [0.05, 0.1) is 26.2 Å². The van der Waals surface area contributed by atoms with E-state index in [2.05, 4.69) is 6.58 Å². The van der Waals surface area contributed by atoms with Crippen LogP contribution in [-0.2, 0) is 9.59 Å². The Bertz CT molecular complexity index is 796. The number of methoxy groups -OCH3 is 2. The maximum Gasteiger partial charge on any atom is 0.327 e. The summed E-state index contributed by atoms with van der Waals surface area (Å²) in [4.78, 5) is 25.9. The highest BCUT2D eigenvalue weighted by atomic mass is 16.5. The first-order valence-electron chi connectivity index (χ1n) is 8.47.